The smallest absolute Gasteiger partial charge is 0.314 e. The van der Waals surface area contributed by atoms with Crippen molar-refractivity contribution in [3.05, 3.63) is 58.8 Å². The van der Waals surface area contributed by atoms with Crippen LogP contribution in [0.4, 0.5) is 35.0 Å². The summed E-state index contributed by atoms with van der Waals surface area (Å²) in [4.78, 5) is 23.2. The normalized spacial score (nSPS) is 17.7. The summed E-state index contributed by atoms with van der Waals surface area (Å²) in [6.07, 6.45) is -3.55. The first-order valence-corrected chi connectivity index (χ1v) is 9.17. The average molecular weight is 458 g/mol. The highest BCUT2D eigenvalue weighted by atomic mass is 35.5. The molecule has 1 unspecified atom stereocenters. The minimum absolute atomic E-state index is 0.00667. The average Bonchev–Trinajstić information content (AvgIpc) is 3.29. The lowest BCUT2D eigenvalue weighted by atomic mass is 10.1. The molecule has 12 heteroatoms. The lowest BCUT2D eigenvalue weighted by molar-refractivity contribution is -0.137. The molecule has 0 radical (unpaired) electrons. The molecule has 0 fully saturated rings. The molecule has 0 spiro atoms. The Morgan fingerprint density at radius 2 is 2.10 bits per heavy atom. The standard InChI is InChI=1S/C19H15ClF4N6O/c1-10-5-11(19(22,23)24)6-16(27-10)30-15(8-29-18(30)25-9-26-29)17(31)28(2)12-3-4-14(21)13(20)7-12/h3-7,9,15H,8H2,1-2H3/i2D3. The van der Waals surface area contributed by atoms with E-state index in [9.17, 15) is 22.4 Å². The fourth-order valence-corrected chi connectivity index (χ4v) is 3.42. The van der Waals surface area contributed by atoms with E-state index in [1.807, 2.05) is 0 Å². The summed E-state index contributed by atoms with van der Waals surface area (Å²) in [5.41, 5.74) is -1.20. The summed E-state index contributed by atoms with van der Waals surface area (Å²) in [5, 5.41) is 3.54. The molecule has 0 saturated heterocycles. The number of fused-ring (bicyclic) bond motifs is 1. The van der Waals surface area contributed by atoms with Gasteiger partial charge in [0.25, 0.3) is 5.91 Å². The molecular weight excluding hydrogens is 440 g/mol. The quantitative estimate of drug-likeness (QED) is 0.557. The predicted molar refractivity (Wildman–Crippen MR) is 105 cm³/mol. The molecule has 1 amide bonds. The van der Waals surface area contributed by atoms with Gasteiger partial charge in [-0.3, -0.25) is 9.69 Å². The Balaban J connectivity index is 1.82. The molecule has 1 aliphatic rings. The Morgan fingerprint density at radius 3 is 2.77 bits per heavy atom. The third-order valence-corrected chi connectivity index (χ3v) is 4.94. The van der Waals surface area contributed by atoms with Crippen molar-refractivity contribution in [2.45, 2.75) is 25.7 Å². The van der Waals surface area contributed by atoms with E-state index in [0.29, 0.717) is 4.90 Å². The molecule has 7 nitrogen and oxygen atoms in total. The molecule has 0 N–H and O–H groups in total. The number of benzene rings is 1. The third-order valence-electron chi connectivity index (χ3n) is 4.65. The van der Waals surface area contributed by atoms with Crippen molar-refractivity contribution >= 4 is 35.0 Å². The van der Waals surface area contributed by atoms with E-state index >= 15 is 0 Å². The zero-order valence-corrected chi connectivity index (χ0v) is 16.5. The van der Waals surface area contributed by atoms with Crippen LogP contribution in [0.5, 0.6) is 0 Å². The maximum atomic E-state index is 13.6. The molecule has 31 heavy (non-hydrogen) atoms. The number of aryl methyl sites for hydroxylation is 1. The van der Waals surface area contributed by atoms with Gasteiger partial charge < -0.3 is 4.90 Å². The minimum atomic E-state index is -4.69. The van der Waals surface area contributed by atoms with Crippen LogP contribution in [-0.4, -0.2) is 38.7 Å². The van der Waals surface area contributed by atoms with Crippen LogP contribution < -0.4 is 9.80 Å². The van der Waals surface area contributed by atoms with Gasteiger partial charge in [-0.05, 0) is 37.3 Å². The van der Waals surface area contributed by atoms with Gasteiger partial charge in [-0.25, -0.2) is 14.1 Å². The van der Waals surface area contributed by atoms with E-state index in [-0.39, 0.29) is 29.7 Å². The second kappa shape index (κ2) is 7.49. The topological polar surface area (TPSA) is 67.2 Å². The molecule has 2 aromatic heterocycles. The number of carbonyl (C=O) groups is 1. The lowest BCUT2D eigenvalue weighted by Crippen LogP contribution is -2.45. The molecule has 1 aliphatic heterocycles. The van der Waals surface area contributed by atoms with Gasteiger partial charge in [0.1, 0.15) is 24.0 Å². The highest BCUT2D eigenvalue weighted by Crippen LogP contribution is 2.37. The number of likely N-dealkylation sites (N-methyl/N-ethyl adjacent to an activating group) is 1. The largest absolute Gasteiger partial charge is 0.416 e. The molecule has 4 rings (SSSR count). The van der Waals surface area contributed by atoms with Crippen molar-refractivity contribution in [3.63, 3.8) is 0 Å². The first-order valence-electron chi connectivity index (χ1n) is 10.3. The highest BCUT2D eigenvalue weighted by molar-refractivity contribution is 6.31. The zero-order chi connectivity index (χ0) is 25.0. The van der Waals surface area contributed by atoms with Crippen LogP contribution in [0.2, 0.25) is 5.02 Å². The summed E-state index contributed by atoms with van der Waals surface area (Å²) in [5.74, 6) is -2.10. The van der Waals surface area contributed by atoms with E-state index in [2.05, 4.69) is 15.1 Å². The van der Waals surface area contributed by atoms with E-state index in [0.717, 1.165) is 41.6 Å². The Kier molecular flexibility index (Phi) is 4.22. The van der Waals surface area contributed by atoms with Crippen molar-refractivity contribution < 1.29 is 26.5 Å². The number of hydrogen-bond donors (Lipinski definition) is 0. The van der Waals surface area contributed by atoms with Gasteiger partial charge >= 0.3 is 6.18 Å². The van der Waals surface area contributed by atoms with Crippen molar-refractivity contribution in [2.75, 3.05) is 16.8 Å². The van der Waals surface area contributed by atoms with Gasteiger partial charge in [-0.2, -0.15) is 23.3 Å². The number of aromatic nitrogens is 4. The van der Waals surface area contributed by atoms with Gasteiger partial charge in [0, 0.05) is 22.5 Å². The van der Waals surface area contributed by atoms with E-state index < -0.39 is 41.5 Å². The summed E-state index contributed by atoms with van der Waals surface area (Å²) in [7, 11) is 0. The lowest BCUT2D eigenvalue weighted by Gasteiger charge is -2.28. The van der Waals surface area contributed by atoms with Crippen LogP contribution in [0.3, 0.4) is 0 Å². The zero-order valence-electron chi connectivity index (χ0n) is 18.7. The molecule has 0 aliphatic carbocycles. The van der Waals surface area contributed by atoms with Gasteiger partial charge in [0.05, 0.1) is 17.1 Å². The first kappa shape index (κ1) is 17.5. The van der Waals surface area contributed by atoms with Crippen LogP contribution >= 0.6 is 11.6 Å². The van der Waals surface area contributed by atoms with Gasteiger partial charge in [0.15, 0.2) is 0 Å². The Bertz CT molecular complexity index is 1270. The highest BCUT2D eigenvalue weighted by Gasteiger charge is 2.41. The second-order valence-corrected chi connectivity index (χ2v) is 7.16. The molecule has 1 aromatic carbocycles. The van der Waals surface area contributed by atoms with Crippen LogP contribution in [0.25, 0.3) is 0 Å². The SMILES string of the molecule is [2H]C([2H])([2H])N(C(=O)C1Cn2ncnc2N1c1cc(C(F)(F)F)cc(C)n1)c1ccc(F)c(Cl)c1. The number of nitrogens with zero attached hydrogens (tertiary/aromatic N) is 6. The van der Waals surface area contributed by atoms with Crippen LogP contribution in [0, 0.1) is 12.7 Å². The fraction of sp³-hybridized carbons (Fsp3) is 0.263. The van der Waals surface area contributed by atoms with E-state index in [1.54, 1.807) is 0 Å². The first-order chi connectivity index (χ1) is 15.8. The number of amides is 1. The van der Waals surface area contributed by atoms with Gasteiger partial charge in [0.2, 0.25) is 5.95 Å². The van der Waals surface area contributed by atoms with E-state index in [1.165, 1.54) is 11.6 Å². The molecule has 162 valence electrons. The van der Waals surface area contributed by atoms with Crippen LogP contribution in [0.1, 0.15) is 15.4 Å². The Morgan fingerprint density at radius 1 is 1.32 bits per heavy atom. The molecule has 0 bridgehead atoms. The number of halogens is 5. The maximum absolute atomic E-state index is 13.6. The summed E-state index contributed by atoms with van der Waals surface area (Å²) < 4.78 is 78.8. The summed E-state index contributed by atoms with van der Waals surface area (Å²) >= 11 is 5.78. The number of anilines is 3. The maximum Gasteiger partial charge on any atom is 0.416 e. The van der Waals surface area contributed by atoms with Crippen LogP contribution in [0.15, 0.2) is 36.7 Å². The Hall–Kier alpha value is -3.21. The van der Waals surface area contributed by atoms with E-state index in [4.69, 9.17) is 15.7 Å². The third kappa shape index (κ3) is 3.80. The monoisotopic (exact) mass is 457 g/mol. The minimum Gasteiger partial charge on any atom is -0.314 e. The van der Waals surface area contributed by atoms with Crippen molar-refractivity contribution in [1.82, 2.24) is 19.7 Å². The van der Waals surface area contributed by atoms with Crippen LogP contribution in [-0.2, 0) is 17.5 Å². The fourth-order valence-electron chi connectivity index (χ4n) is 3.25. The Labute approximate surface area is 183 Å². The van der Waals surface area contributed by atoms with Crippen molar-refractivity contribution in [3.8, 4) is 0 Å². The summed E-state index contributed by atoms with van der Waals surface area (Å²) in [6, 6.07) is 3.16. The van der Waals surface area contributed by atoms with Crippen molar-refractivity contribution in [2.24, 2.45) is 0 Å². The summed E-state index contributed by atoms with van der Waals surface area (Å²) in [6.45, 7) is -1.89. The molecule has 0 saturated carbocycles. The van der Waals surface area contributed by atoms with Gasteiger partial charge in [-0.1, -0.05) is 11.6 Å². The number of alkyl halides is 3. The predicted octanol–water partition coefficient (Wildman–Crippen LogP) is 3.98. The number of carbonyl (C=O) groups excluding carboxylic acids is 1. The molecular formula is C19H15ClF4N6O. The molecule has 3 aromatic rings. The molecule has 3 heterocycles. The van der Waals surface area contributed by atoms with Crippen molar-refractivity contribution in [1.29, 1.82) is 0 Å². The number of pyridine rings is 1. The number of rotatable bonds is 3. The number of hydrogen-bond acceptors (Lipinski definition) is 5. The second-order valence-electron chi connectivity index (χ2n) is 6.75. The van der Waals surface area contributed by atoms with Gasteiger partial charge in [-0.15, -0.1) is 0 Å². The molecule has 1 atom stereocenters.